The van der Waals surface area contributed by atoms with E-state index in [2.05, 4.69) is 0 Å². The van der Waals surface area contributed by atoms with Crippen molar-refractivity contribution in [3.8, 4) is 0 Å². The Bertz CT molecular complexity index is 62.2. The van der Waals surface area contributed by atoms with Crippen LogP contribution in [-0.4, -0.2) is 14.7 Å². The van der Waals surface area contributed by atoms with Crippen LogP contribution in [0.2, 0.25) is 0 Å². The van der Waals surface area contributed by atoms with Crippen molar-refractivity contribution in [3.63, 3.8) is 0 Å². The van der Waals surface area contributed by atoms with E-state index in [9.17, 15) is 0 Å². The van der Waals surface area contributed by atoms with E-state index in [0.29, 0.717) is 0 Å². The van der Waals surface area contributed by atoms with E-state index < -0.39 is 7.82 Å². The maximum absolute atomic E-state index is 8.88. The summed E-state index contributed by atoms with van der Waals surface area (Å²) < 4.78 is 8.88. The number of phosphoric acid groups is 1. The van der Waals surface area contributed by atoms with Crippen molar-refractivity contribution in [2.45, 2.75) is 0 Å². The third-order valence-electron chi connectivity index (χ3n) is 0. The second-order valence-corrected chi connectivity index (χ2v) is 1.54. The van der Waals surface area contributed by atoms with E-state index in [1.165, 1.54) is 0 Å². The maximum Gasteiger partial charge on any atom is 1.00 e. The van der Waals surface area contributed by atoms with Gasteiger partial charge in [0.25, 0.3) is 0 Å². The Balaban J connectivity index is -0.0000000267. The SMILES string of the molecule is O=P(O)(O)O.[H-].[Na+].[Y]. The van der Waals surface area contributed by atoms with E-state index in [0.717, 1.165) is 0 Å². The van der Waals surface area contributed by atoms with Crippen molar-refractivity contribution < 1.29 is 82.9 Å². The summed E-state index contributed by atoms with van der Waals surface area (Å²) in [5, 5.41) is 0. The number of hydrogen-bond donors (Lipinski definition) is 3. The standard InChI is InChI=1S/Na.H3O4P.Y.H/c;1-5(2,3)4;;/h;(H3,1,2,3,4);;/q+1;;;-1. The second-order valence-electron chi connectivity index (χ2n) is 0.513. The summed E-state index contributed by atoms with van der Waals surface area (Å²) in [4.78, 5) is 21.6. The molecule has 0 aliphatic carbocycles. The van der Waals surface area contributed by atoms with Gasteiger partial charge in [-0.05, 0) is 0 Å². The summed E-state index contributed by atoms with van der Waals surface area (Å²) >= 11 is 0. The van der Waals surface area contributed by atoms with Crippen LogP contribution >= 0.6 is 7.82 Å². The molecule has 0 aromatic rings. The van der Waals surface area contributed by atoms with Gasteiger partial charge in [-0.1, -0.05) is 0 Å². The molecular weight excluding hydrogens is 207 g/mol. The topological polar surface area (TPSA) is 77.8 Å². The van der Waals surface area contributed by atoms with Gasteiger partial charge in [-0.3, -0.25) is 0 Å². The van der Waals surface area contributed by atoms with Crippen molar-refractivity contribution in [2.75, 3.05) is 0 Å². The first-order valence-electron chi connectivity index (χ1n) is 0.783. The van der Waals surface area contributed by atoms with Gasteiger partial charge < -0.3 is 16.1 Å². The molecule has 0 aliphatic rings. The largest absolute Gasteiger partial charge is 1.00 e. The van der Waals surface area contributed by atoms with Crippen LogP contribution in [-0.2, 0) is 37.3 Å². The van der Waals surface area contributed by atoms with Gasteiger partial charge >= 0.3 is 37.4 Å². The zero-order chi connectivity index (χ0) is 4.50. The van der Waals surface area contributed by atoms with Crippen LogP contribution in [0.15, 0.2) is 0 Å². The molecule has 0 spiro atoms. The maximum atomic E-state index is 8.88. The quantitative estimate of drug-likeness (QED) is 0.283. The second kappa shape index (κ2) is 6.34. The van der Waals surface area contributed by atoms with Crippen molar-refractivity contribution in [2.24, 2.45) is 0 Å². The first-order chi connectivity index (χ1) is 2.00. The molecule has 0 aliphatic heterocycles. The van der Waals surface area contributed by atoms with E-state index >= 15 is 0 Å². The number of rotatable bonds is 0. The van der Waals surface area contributed by atoms with Crippen molar-refractivity contribution in [1.29, 1.82) is 0 Å². The minimum Gasteiger partial charge on any atom is -1.00 e. The van der Waals surface area contributed by atoms with Crippen molar-refractivity contribution >= 4 is 7.82 Å². The molecule has 7 heteroatoms. The minimum absolute atomic E-state index is 0. The molecule has 0 fully saturated rings. The molecule has 0 rings (SSSR count). The Hall–Kier alpha value is 2.21. The van der Waals surface area contributed by atoms with Gasteiger partial charge in [0, 0.05) is 32.7 Å². The molecule has 0 unspecified atom stereocenters. The Labute approximate surface area is 89.6 Å². The molecule has 4 nitrogen and oxygen atoms in total. The Kier molecular flexibility index (Phi) is 14.6. The Morgan fingerprint density at radius 2 is 1.29 bits per heavy atom. The summed E-state index contributed by atoms with van der Waals surface area (Å²) in [6, 6.07) is 0. The molecule has 0 saturated carbocycles. The first-order valence-corrected chi connectivity index (χ1v) is 2.35. The smallest absolute Gasteiger partial charge is 1.00 e. The van der Waals surface area contributed by atoms with Crippen molar-refractivity contribution in [1.82, 2.24) is 0 Å². The molecule has 3 N–H and O–H groups in total. The van der Waals surface area contributed by atoms with Gasteiger partial charge in [-0.2, -0.15) is 0 Å². The van der Waals surface area contributed by atoms with Gasteiger partial charge in [0.2, 0.25) is 0 Å². The van der Waals surface area contributed by atoms with Crippen LogP contribution < -0.4 is 29.6 Å². The molecule has 0 aromatic heterocycles. The summed E-state index contributed by atoms with van der Waals surface area (Å²) in [6.45, 7) is 0. The van der Waals surface area contributed by atoms with Gasteiger partial charge in [-0.15, -0.1) is 0 Å². The molecule has 0 bridgehead atoms. The van der Waals surface area contributed by atoms with Crippen LogP contribution in [0.4, 0.5) is 0 Å². The van der Waals surface area contributed by atoms with E-state index in [4.69, 9.17) is 19.2 Å². The third kappa shape index (κ3) is 64.7. The number of hydrogen-bond acceptors (Lipinski definition) is 1. The fourth-order valence-electron chi connectivity index (χ4n) is 0. The average Bonchev–Trinajstić information content (AvgIpc) is 0.722. The van der Waals surface area contributed by atoms with Crippen LogP contribution in [0, 0.1) is 0 Å². The van der Waals surface area contributed by atoms with Crippen LogP contribution in [0.25, 0.3) is 0 Å². The Morgan fingerprint density at radius 1 is 1.29 bits per heavy atom. The molecule has 1 radical (unpaired) electrons. The molecule has 0 heterocycles. The van der Waals surface area contributed by atoms with E-state index in [-0.39, 0.29) is 63.7 Å². The predicted molar refractivity (Wildman–Crippen MR) is 15.4 cm³/mol. The van der Waals surface area contributed by atoms with Crippen LogP contribution in [0.1, 0.15) is 1.43 Å². The van der Waals surface area contributed by atoms with Crippen molar-refractivity contribution in [3.05, 3.63) is 0 Å². The van der Waals surface area contributed by atoms with Gasteiger partial charge in [0.05, 0.1) is 0 Å². The molecule has 0 amide bonds. The summed E-state index contributed by atoms with van der Waals surface area (Å²) in [6.07, 6.45) is 0. The van der Waals surface area contributed by atoms with E-state index in [1.807, 2.05) is 0 Å². The fraction of sp³-hybridized carbons (Fsp3) is 0. The predicted octanol–water partition coefficient (Wildman–Crippen LogP) is -3.81. The van der Waals surface area contributed by atoms with Crippen LogP contribution in [0.3, 0.4) is 0 Å². The van der Waals surface area contributed by atoms with Gasteiger partial charge in [0.15, 0.2) is 0 Å². The molecular formula is H4NaO4PY. The van der Waals surface area contributed by atoms with E-state index in [1.54, 1.807) is 0 Å². The summed E-state index contributed by atoms with van der Waals surface area (Å²) in [5.41, 5.74) is 0. The molecule has 7 heavy (non-hydrogen) atoms. The minimum atomic E-state index is -4.64. The Morgan fingerprint density at radius 3 is 1.29 bits per heavy atom. The summed E-state index contributed by atoms with van der Waals surface area (Å²) in [7, 11) is -4.64. The molecule has 0 atom stereocenters. The fourth-order valence-corrected chi connectivity index (χ4v) is 0. The monoisotopic (exact) mass is 211 g/mol. The molecule has 37 valence electrons. The molecule has 0 aromatic carbocycles. The third-order valence-corrected chi connectivity index (χ3v) is 0. The zero-order valence-electron chi connectivity index (χ0n) is 4.77. The van der Waals surface area contributed by atoms with Gasteiger partial charge in [0.1, 0.15) is 0 Å². The summed E-state index contributed by atoms with van der Waals surface area (Å²) in [5.74, 6) is 0. The average molecular weight is 211 g/mol. The van der Waals surface area contributed by atoms with Crippen LogP contribution in [0.5, 0.6) is 0 Å². The molecule has 0 saturated heterocycles. The normalized spacial score (nSPS) is 8.43. The zero-order valence-corrected chi connectivity index (χ0v) is 9.51. The first kappa shape index (κ1) is 16.1. The van der Waals surface area contributed by atoms with Gasteiger partial charge in [-0.25, -0.2) is 4.57 Å².